The molecule has 0 spiro atoms. The van der Waals surface area contributed by atoms with Crippen LogP contribution >= 0.6 is 11.6 Å². The van der Waals surface area contributed by atoms with Crippen molar-refractivity contribution in [2.75, 3.05) is 19.8 Å². The number of hydrogen-bond donors (Lipinski definition) is 2. The standard InChI is InChI=1S/C23H27ClO5/c24-22-6-3-16(23-12-18(26)11-21(13-25)29-23)10-17(22)9-15-1-4-19(5-2-15)28-20-7-8-27-14-20/h1-6,10,18,20-21,23,25-26H,7-9,11-14H2/t18-,20-,21-,23+/m0/s1. The first-order valence-corrected chi connectivity index (χ1v) is 10.5. The van der Waals surface area contributed by atoms with Crippen LogP contribution in [0.4, 0.5) is 0 Å². The number of rotatable bonds is 6. The molecule has 0 aliphatic carbocycles. The minimum atomic E-state index is -0.470. The molecule has 2 aliphatic heterocycles. The van der Waals surface area contributed by atoms with Gasteiger partial charge >= 0.3 is 0 Å². The summed E-state index contributed by atoms with van der Waals surface area (Å²) in [4.78, 5) is 0. The maximum atomic E-state index is 10.1. The molecule has 2 aromatic rings. The Hall–Kier alpha value is -1.63. The Bertz CT molecular complexity index is 803. The lowest BCUT2D eigenvalue weighted by Gasteiger charge is -2.32. The van der Waals surface area contributed by atoms with Gasteiger partial charge in [0.15, 0.2) is 0 Å². The lowest BCUT2D eigenvalue weighted by atomic mass is 9.94. The van der Waals surface area contributed by atoms with Crippen LogP contribution in [0.15, 0.2) is 42.5 Å². The van der Waals surface area contributed by atoms with Crippen LogP contribution < -0.4 is 4.74 Å². The zero-order valence-corrected chi connectivity index (χ0v) is 17.1. The molecule has 0 aromatic heterocycles. The van der Waals surface area contributed by atoms with Gasteiger partial charge in [-0.25, -0.2) is 0 Å². The molecule has 2 saturated heterocycles. The van der Waals surface area contributed by atoms with E-state index in [1.165, 1.54) is 0 Å². The van der Waals surface area contributed by atoms with E-state index in [4.69, 9.17) is 25.8 Å². The second kappa shape index (κ2) is 9.45. The summed E-state index contributed by atoms with van der Waals surface area (Å²) in [5.74, 6) is 0.851. The highest BCUT2D eigenvalue weighted by molar-refractivity contribution is 6.31. The number of hydrogen-bond acceptors (Lipinski definition) is 5. The fourth-order valence-electron chi connectivity index (χ4n) is 3.96. The molecule has 4 rings (SSSR count). The number of aliphatic hydroxyl groups excluding tert-OH is 2. The van der Waals surface area contributed by atoms with Crippen molar-refractivity contribution in [3.63, 3.8) is 0 Å². The molecule has 29 heavy (non-hydrogen) atoms. The predicted molar refractivity (Wildman–Crippen MR) is 110 cm³/mol. The fourth-order valence-corrected chi connectivity index (χ4v) is 4.14. The van der Waals surface area contributed by atoms with E-state index < -0.39 is 6.10 Å². The van der Waals surface area contributed by atoms with E-state index in [1.54, 1.807) is 0 Å². The highest BCUT2D eigenvalue weighted by Gasteiger charge is 2.29. The van der Waals surface area contributed by atoms with E-state index in [-0.39, 0.29) is 24.9 Å². The third kappa shape index (κ3) is 5.30. The van der Waals surface area contributed by atoms with Crippen LogP contribution in [-0.4, -0.2) is 48.3 Å². The van der Waals surface area contributed by atoms with Gasteiger partial charge in [-0.1, -0.05) is 35.9 Å². The summed E-state index contributed by atoms with van der Waals surface area (Å²) in [6.07, 6.45) is 1.71. The Kier molecular flexibility index (Phi) is 6.73. The minimum Gasteiger partial charge on any atom is -0.488 e. The second-order valence-electron chi connectivity index (χ2n) is 7.83. The van der Waals surface area contributed by atoms with Crippen LogP contribution in [0, 0.1) is 0 Å². The molecule has 5 nitrogen and oxygen atoms in total. The normalized spacial score (nSPS) is 27.1. The number of aliphatic hydroxyl groups is 2. The van der Waals surface area contributed by atoms with E-state index in [2.05, 4.69) is 12.1 Å². The minimum absolute atomic E-state index is 0.0879. The van der Waals surface area contributed by atoms with Crippen molar-refractivity contribution in [1.29, 1.82) is 0 Å². The molecular formula is C23H27ClO5. The topological polar surface area (TPSA) is 68.2 Å². The van der Waals surface area contributed by atoms with Crippen LogP contribution in [-0.2, 0) is 15.9 Å². The van der Waals surface area contributed by atoms with Gasteiger partial charge in [-0.05, 0) is 41.3 Å². The summed E-state index contributed by atoms with van der Waals surface area (Å²) in [5, 5.41) is 20.2. The van der Waals surface area contributed by atoms with Gasteiger partial charge in [-0.2, -0.15) is 0 Å². The molecule has 6 heteroatoms. The van der Waals surface area contributed by atoms with Gasteiger partial charge in [-0.3, -0.25) is 0 Å². The largest absolute Gasteiger partial charge is 0.488 e. The van der Waals surface area contributed by atoms with Crippen LogP contribution in [0.25, 0.3) is 0 Å². The average molecular weight is 419 g/mol. The first kappa shape index (κ1) is 20.6. The summed E-state index contributed by atoms with van der Waals surface area (Å²) in [7, 11) is 0. The predicted octanol–water partition coefficient (Wildman–Crippen LogP) is 3.67. The number of ether oxygens (including phenoxy) is 3. The Labute approximate surface area is 176 Å². The summed E-state index contributed by atoms with van der Waals surface area (Å²) in [6, 6.07) is 13.9. The molecule has 2 aliphatic rings. The van der Waals surface area contributed by atoms with E-state index in [1.807, 2.05) is 30.3 Å². The lowest BCUT2D eigenvalue weighted by Crippen LogP contribution is -2.33. The van der Waals surface area contributed by atoms with Gasteiger partial charge in [0.1, 0.15) is 11.9 Å². The van der Waals surface area contributed by atoms with Crippen molar-refractivity contribution in [3.05, 3.63) is 64.2 Å². The molecule has 0 radical (unpaired) electrons. The summed E-state index contributed by atoms with van der Waals surface area (Å²) in [5.41, 5.74) is 3.12. The maximum absolute atomic E-state index is 10.1. The van der Waals surface area contributed by atoms with E-state index in [0.717, 1.165) is 35.5 Å². The molecule has 0 saturated carbocycles. The summed E-state index contributed by atoms with van der Waals surface area (Å²) >= 11 is 6.45. The van der Waals surface area contributed by atoms with Crippen molar-refractivity contribution >= 4 is 11.6 Å². The van der Waals surface area contributed by atoms with E-state index in [9.17, 15) is 10.2 Å². The Morgan fingerprint density at radius 3 is 2.66 bits per heavy atom. The Morgan fingerprint density at radius 2 is 1.93 bits per heavy atom. The quantitative estimate of drug-likeness (QED) is 0.749. The Morgan fingerprint density at radius 1 is 1.10 bits per heavy atom. The first-order chi connectivity index (χ1) is 14.1. The molecule has 156 valence electrons. The van der Waals surface area contributed by atoms with Crippen LogP contribution in [0.1, 0.15) is 42.1 Å². The third-order valence-corrected chi connectivity index (χ3v) is 5.90. The SMILES string of the molecule is OC[C@@H]1C[C@H](O)C[C@H](c2ccc(Cl)c(Cc3ccc(O[C@H]4CCOC4)cc3)c2)O1. The zero-order valence-electron chi connectivity index (χ0n) is 16.3. The van der Waals surface area contributed by atoms with Gasteiger partial charge in [0.2, 0.25) is 0 Å². The number of halogens is 1. The zero-order chi connectivity index (χ0) is 20.2. The lowest BCUT2D eigenvalue weighted by molar-refractivity contribution is -0.113. The highest BCUT2D eigenvalue weighted by atomic mass is 35.5. The van der Waals surface area contributed by atoms with Gasteiger partial charge in [0.25, 0.3) is 0 Å². The van der Waals surface area contributed by atoms with Gasteiger partial charge < -0.3 is 24.4 Å². The van der Waals surface area contributed by atoms with Gasteiger partial charge in [0, 0.05) is 24.3 Å². The van der Waals surface area contributed by atoms with E-state index in [0.29, 0.717) is 30.9 Å². The first-order valence-electron chi connectivity index (χ1n) is 10.2. The molecular weight excluding hydrogens is 392 g/mol. The van der Waals surface area contributed by atoms with E-state index >= 15 is 0 Å². The molecule has 2 heterocycles. The summed E-state index contributed by atoms with van der Waals surface area (Å²) < 4.78 is 17.2. The maximum Gasteiger partial charge on any atom is 0.124 e. The van der Waals surface area contributed by atoms with Gasteiger partial charge in [-0.15, -0.1) is 0 Å². The average Bonchev–Trinajstić information content (AvgIpc) is 3.23. The van der Waals surface area contributed by atoms with Crippen molar-refractivity contribution in [2.45, 2.75) is 50.1 Å². The van der Waals surface area contributed by atoms with Crippen molar-refractivity contribution in [3.8, 4) is 5.75 Å². The van der Waals surface area contributed by atoms with Crippen LogP contribution in [0.3, 0.4) is 0 Å². The van der Waals surface area contributed by atoms with Crippen LogP contribution in [0.2, 0.25) is 5.02 Å². The highest BCUT2D eigenvalue weighted by Crippen LogP contribution is 2.34. The van der Waals surface area contributed by atoms with Gasteiger partial charge in [0.05, 0.1) is 38.1 Å². The summed E-state index contributed by atoms with van der Waals surface area (Å²) in [6.45, 7) is 1.33. The molecule has 2 aromatic carbocycles. The molecule has 2 fully saturated rings. The molecule has 0 unspecified atom stereocenters. The van der Waals surface area contributed by atoms with Crippen molar-refractivity contribution in [1.82, 2.24) is 0 Å². The van der Waals surface area contributed by atoms with Crippen molar-refractivity contribution in [2.24, 2.45) is 0 Å². The molecule has 2 N–H and O–H groups in total. The smallest absolute Gasteiger partial charge is 0.124 e. The number of benzene rings is 2. The second-order valence-corrected chi connectivity index (χ2v) is 8.24. The molecule has 0 bridgehead atoms. The Balaban J connectivity index is 1.45. The fraction of sp³-hybridized carbons (Fsp3) is 0.478. The molecule has 0 amide bonds. The van der Waals surface area contributed by atoms with Crippen LogP contribution in [0.5, 0.6) is 5.75 Å². The van der Waals surface area contributed by atoms with Crippen molar-refractivity contribution < 1.29 is 24.4 Å². The third-order valence-electron chi connectivity index (χ3n) is 5.53. The molecule has 4 atom stereocenters. The monoisotopic (exact) mass is 418 g/mol.